The van der Waals surface area contributed by atoms with E-state index in [1.807, 2.05) is 6.92 Å². The highest BCUT2D eigenvalue weighted by molar-refractivity contribution is 5.96. The summed E-state index contributed by atoms with van der Waals surface area (Å²) in [5.41, 5.74) is 1.64. The number of aliphatic carboxylic acids is 1. The number of hydrogen-bond acceptors (Lipinski definition) is 4. The molecule has 3 rings (SSSR count). The molecule has 1 amide bonds. The summed E-state index contributed by atoms with van der Waals surface area (Å²) >= 11 is 0. The molecule has 7 nitrogen and oxygen atoms in total. The van der Waals surface area contributed by atoms with Gasteiger partial charge in [0.05, 0.1) is 12.2 Å². The van der Waals surface area contributed by atoms with Crippen LogP contribution in [0.1, 0.15) is 34.7 Å². The Hall–Kier alpha value is -2.83. The summed E-state index contributed by atoms with van der Waals surface area (Å²) in [6.07, 6.45) is 0.704. The summed E-state index contributed by atoms with van der Waals surface area (Å²) in [5.74, 6) is -0.948. The van der Waals surface area contributed by atoms with Gasteiger partial charge in [0.25, 0.3) is 5.91 Å². The maximum atomic E-state index is 13.0. The van der Waals surface area contributed by atoms with Crippen LogP contribution in [0.2, 0.25) is 0 Å². The van der Waals surface area contributed by atoms with Crippen molar-refractivity contribution in [3.8, 4) is 5.75 Å². The lowest BCUT2D eigenvalue weighted by atomic mass is 10.0. The lowest BCUT2D eigenvalue weighted by Crippen LogP contribution is -2.40. The molecule has 1 atom stereocenters. The van der Waals surface area contributed by atoms with E-state index in [0.717, 1.165) is 5.69 Å². The molecule has 0 radical (unpaired) electrons. The van der Waals surface area contributed by atoms with Crippen LogP contribution in [0.5, 0.6) is 5.75 Å². The van der Waals surface area contributed by atoms with E-state index in [0.29, 0.717) is 23.4 Å². The third kappa shape index (κ3) is 2.73. The molecule has 1 aliphatic heterocycles. The molecule has 0 aliphatic carbocycles. The second-order valence-corrected chi connectivity index (χ2v) is 5.62. The Bertz CT molecular complexity index is 784. The molecule has 24 heavy (non-hydrogen) atoms. The molecule has 0 fully saturated rings. The van der Waals surface area contributed by atoms with Crippen molar-refractivity contribution in [1.82, 2.24) is 14.7 Å². The number of carbonyl (C=O) groups excluding carboxylic acids is 1. The number of nitrogens with zero attached hydrogens (tertiary/aromatic N) is 3. The molecule has 7 heteroatoms. The van der Waals surface area contributed by atoms with Crippen LogP contribution in [0.4, 0.5) is 0 Å². The molecule has 1 N–H and O–H groups in total. The van der Waals surface area contributed by atoms with Gasteiger partial charge in [-0.05, 0) is 18.6 Å². The first-order chi connectivity index (χ1) is 11.5. The van der Waals surface area contributed by atoms with Gasteiger partial charge in [-0.15, -0.1) is 0 Å². The first kappa shape index (κ1) is 16.0. The predicted octanol–water partition coefficient (Wildman–Crippen LogP) is 1.64. The van der Waals surface area contributed by atoms with E-state index < -0.39 is 12.0 Å². The van der Waals surface area contributed by atoms with Crippen molar-refractivity contribution in [3.63, 3.8) is 0 Å². The summed E-state index contributed by atoms with van der Waals surface area (Å²) < 4.78 is 7.12. The lowest BCUT2D eigenvalue weighted by molar-refractivity contribution is -0.142. The fraction of sp³-hybridized carbons (Fsp3) is 0.353. The van der Waals surface area contributed by atoms with Gasteiger partial charge in [-0.3, -0.25) is 9.48 Å². The van der Waals surface area contributed by atoms with Gasteiger partial charge in [-0.2, -0.15) is 5.10 Å². The van der Waals surface area contributed by atoms with E-state index >= 15 is 0 Å². The second-order valence-electron chi connectivity index (χ2n) is 5.62. The van der Waals surface area contributed by atoms with Crippen molar-refractivity contribution in [3.05, 3.63) is 47.3 Å². The Labute approximate surface area is 139 Å². The van der Waals surface area contributed by atoms with E-state index in [2.05, 4.69) is 5.10 Å². The van der Waals surface area contributed by atoms with Crippen LogP contribution in [0.15, 0.2) is 30.3 Å². The van der Waals surface area contributed by atoms with Gasteiger partial charge in [0, 0.05) is 12.6 Å². The van der Waals surface area contributed by atoms with Gasteiger partial charge in [-0.1, -0.05) is 25.1 Å². The van der Waals surface area contributed by atoms with Crippen LogP contribution < -0.4 is 4.74 Å². The van der Waals surface area contributed by atoms with Gasteiger partial charge in [0.1, 0.15) is 18.1 Å². The van der Waals surface area contributed by atoms with Crippen molar-refractivity contribution in [2.75, 3.05) is 13.2 Å². The molecule has 0 bridgehead atoms. The fourth-order valence-corrected chi connectivity index (χ4v) is 2.92. The van der Waals surface area contributed by atoms with Gasteiger partial charge < -0.3 is 14.7 Å². The summed E-state index contributed by atoms with van der Waals surface area (Å²) in [6.45, 7) is 2.38. The predicted molar refractivity (Wildman–Crippen MR) is 85.9 cm³/mol. The van der Waals surface area contributed by atoms with Gasteiger partial charge in [0.2, 0.25) is 0 Å². The van der Waals surface area contributed by atoms with Crippen LogP contribution in [0.25, 0.3) is 0 Å². The topological polar surface area (TPSA) is 84.7 Å². The zero-order valence-electron chi connectivity index (χ0n) is 13.6. The molecule has 1 unspecified atom stereocenters. The molecule has 0 saturated heterocycles. The maximum absolute atomic E-state index is 13.0. The van der Waals surface area contributed by atoms with Crippen LogP contribution >= 0.6 is 0 Å². The number of amides is 1. The van der Waals surface area contributed by atoms with E-state index in [4.69, 9.17) is 4.74 Å². The number of fused-ring (bicyclic) bond motifs is 1. The molecule has 0 saturated carbocycles. The average molecular weight is 329 g/mol. The van der Waals surface area contributed by atoms with Crippen molar-refractivity contribution >= 4 is 11.9 Å². The largest absolute Gasteiger partial charge is 0.491 e. The minimum Gasteiger partial charge on any atom is -0.491 e. The fourth-order valence-electron chi connectivity index (χ4n) is 2.92. The number of hydrogen-bond donors (Lipinski definition) is 1. The molecular formula is C17H19N3O4. The zero-order chi connectivity index (χ0) is 17.3. The standard InChI is InChI=1S/C17H19N3O4/c1-3-11-10-13(19(2)18-11)16(21)20-8-9-24-14-7-5-4-6-12(14)15(20)17(22)23/h4-7,10,15H,3,8-9H2,1-2H3,(H,22,23). The summed E-state index contributed by atoms with van der Waals surface area (Å²) in [4.78, 5) is 26.2. The molecule has 126 valence electrons. The summed E-state index contributed by atoms with van der Waals surface area (Å²) in [6, 6.07) is 7.55. The number of aryl methyl sites for hydroxylation is 2. The third-order valence-corrected chi connectivity index (χ3v) is 4.12. The smallest absolute Gasteiger partial charge is 0.331 e. The quantitative estimate of drug-likeness (QED) is 0.925. The van der Waals surface area contributed by atoms with Crippen LogP contribution in [-0.2, 0) is 18.3 Å². The SMILES string of the molecule is CCc1cc(C(=O)N2CCOc3ccccc3C2C(=O)O)n(C)n1. The maximum Gasteiger partial charge on any atom is 0.331 e. The van der Waals surface area contributed by atoms with E-state index in [9.17, 15) is 14.7 Å². The lowest BCUT2D eigenvalue weighted by Gasteiger charge is -2.26. The molecule has 2 heterocycles. The number of carbonyl (C=O) groups is 2. The molecular weight excluding hydrogens is 310 g/mol. The van der Waals surface area contributed by atoms with Crippen LogP contribution in [0.3, 0.4) is 0 Å². The number of rotatable bonds is 3. The van der Waals surface area contributed by atoms with Crippen molar-refractivity contribution < 1.29 is 19.4 Å². The Morgan fingerprint density at radius 3 is 2.79 bits per heavy atom. The highest BCUT2D eigenvalue weighted by Gasteiger charge is 2.36. The Kier molecular flexibility index (Phi) is 4.24. The molecule has 1 aromatic carbocycles. The van der Waals surface area contributed by atoms with Crippen LogP contribution in [-0.4, -0.2) is 44.8 Å². The molecule has 2 aromatic rings. The average Bonchev–Trinajstić information content (AvgIpc) is 2.83. The van der Waals surface area contributed by atoms with E-state index in [1.54, 1.807) is 37.4 Å². The van der Waals surface area contributed by atoms with Gasteiger partial charge >= 0.3 is 5.97 Å². The normalized spacial score (nSPS) is 16.9. The first-order valence-electron chi connectivity index (χ1n) is 7.81. The number of carboxylic acids is 1. The summed E-state index contributed by atoms with van der Waals surface area (Å²) in [5, 5.41) is 14.0. The number of para-hydroxylation sites is 1. The van der Waals surface area contributed by atoms with Crippen molar-refractivity contribution in [1.29, 1.82) is 0 Å². The Morgan fingerprint density at radius 1 is 1.38 bits per heavy atom. The number of carboxylic acid groups (broad SMARTS) is 1. The number of benzene rings is 1. The summed E-state index contributed by atoms with van der Waals surface area (Å²) in [7, 11) is 1.68. The van der Waals surface area contributed by atoms with Crippen molar-refractivity contribution in [2.45, 2.75) is 19.4 Å². The highest BCUT2D eigenvalue weighted by Crippen LogP contribution is 2.33. The van der Waals surface area contributed by atoms with Gasteiger partial charge in [0.15, 0.2) is 6.04 Å². The van der Waals surface area contributed by atoms with E-state index in [-0.39, 0.29) is 19.1 Å². The van der Waals surface area contributed by atoms with Crippen LogP contribution in [0, 0.1) is 0 Å². The Morgan fingerprint density at radius 2 is 2.12 bits per heavy atom. The van der Waals surface area contributed by atoms with E-state index in [1.165, 1.54) is 9.58 Å². The van der Waals surface area contributed by atoms with Gasteiger partial charge in [-0.25, -0.2) is 4.79 Å². The van der Waals surface area contributed by atoms with Crippen molar-refractivity contribution in [2.24, 2.45) is 7.05 Å². The Balaban J connectivity index is 2.03. The highest BCUT2D eigenvalue weighted by atomic mass is 16.5. The minimum atomic E-state index is -1.09. The number of aromatic nitrogens is 2. The minimum absolute atomic E-state index is 0.192. The number of ether oxygens (including phenoxy) is 1. The molecule has 1 aromatic heterocycles. The zero-order valence-corrected chi connectivity index (χ0v) is 13.6. The molecule has 0 spiro atoms. The molecule has 1 aliphatic rings. The first-order valence-corrected chi connectivity index (χ1v) is 7.81. The second kappa shape index (κ2) is 6.35. The third-order valence-electron chi connectivity index (χ3n) is 4.12. The monoisotopic (exact) mass is 329 g/mol.